The second-order valence-corrected chi connectivity index (χ2v) is 5.30. The summed E-state index contributed by atoms with van der Waals surface area (Å²) in [7, 11) is 1.59. The van der Waals surface area contributed by atoms with Crippen molar-refractivity contribution in [3.05, 3.63) is 47.5 Å². The third-order valence-corrected chi connectivity index (χ3v) is 3.68. The number of benzene rings is 1. The maximum absolute atomic E-state index is 5.52. The summed E-state index contributed by atoms with van der Waals surface area (Å²) in [5.74, 6) is 0.628. The van der Waals surface area contributed by atoms with Gasteiger partial charge < -0.3 is 9.47 Å². The van der Waals surface area contributed by atoms with Gasteiger partial charge in [0.1, 0.15) is 0 Å². The first-order valence-corrected chi connectivity index (χ1v) is 7.35. The van der Waals surface area contributed by atoms with Crippen LogP contribution in [0, 0.1) is 6.92 Å². The fraction of sp³-hybridized carbons (Fsp3) is 0.200. The zero-order valence-corrected chi connectivity index (χ0v) is 12.6. The molecule has 0 aliphatic heterocycles. The number of nitrogens with zero attached hydrogens (tertiary/aromatic N) is 3. The van der Waals surface area contributed by atoms with Crippen molar-refractivity contribution in [3.63, 3.8) is 0 Å². The molecular formula is C15H15N3O2S. The van der Waals surface area contributed by atoms with Gasteiger partial charge in [-0.3, -0.25) is 0 Å². The van der Waals surface area contributed by atoms with Crippen LogP contribution >= 0.6 is 11.3 Å². The maximum Gasteiger partial charge on any atom is 0.221 e. The Morgan fingerprint density at radius 2 is 2.05 bits per heavy atom. The molecule has 0 unspecified atom stereocenters. The topological polar surface area (TPSA) is 49.2 Å². The predicted octanol–water partition coefficient (Wildman–Crippen LogP) is 3.29. The van der Waals surface area contributed by atoms with Crippen molar-refractivity contribution in [2.75, 3.05) is 13.9 Å². The van der Waals surface area contributed by atoms with Gasteiger partial charge >= 0.3 is 0 Å². The fourth-order valence-corrected chi connectivity index (χ4v) is 2.73. The van der Waals surface area contributed by atoms with Gasteiger partial charge in [-0.1, -0.05) is 30.3 Å². The molecule has 0 fully saturated rings. The molecule has 3 aromatic rings. The minimum Gasteiger partial charge on any atom is -0.450 e. The molecule has 0 aliphatic carbocycles. The van der Waals surface area contributed by atoms with E-state index in [1.165, 1.54) is 11.3 Å². The van der Waals surface area contributed by atoms with E-state index in [0.29, 0.717) is 5.88 Å². The fourth-order valence-electron chi connectivity index (χ4n) is 1.94. The zero-order chi connectivity index (χ0) is 14.7. The van der Waals surface area contributed by atoms with Crippen LogP contribution < -0.4 is 4.74 Å². The average molecular weight is 301 g/mol. The number of methoxy groups -OCH3 is 1. The monoisotopic (exact) mass is 301 g/mol. The molecule has 108 valence electrons. The van der Waals surface area contributed by atoms with Crippen LogP contribution in [0.25, 0.3) is 16.4 Å². The van der Waals surface area contributed by atoms with Gasteiger partial charge in [-0.15, -0.1) is 11.3 Å². The molecule has 0 radical (unpaired) electrons. The van der Waals surface area contributed by atoms with E-state index in [1.807, 2.05) is 48.7 Å². The van der Waals surface area contributed by atoms with Crippen LogP contribution in [0.4, 0.5) is 0 Å². The number of thiazole rings is 1. The van der Waals surface area contributed by atoms with Crippen molar-refractivity contribution in [2.45, 2.75) is 6.92 Å². The SMILES string of the molecule is COCOc1cc(C)nn1-c1nc(-c2ccccc2)cs1. The van der Waals surface area contributed by atoms with E-state index in [4.69, 9.17) is 9.47 Å². The molecule has 0 spiro atoms. The van der Waals surface area contributed by atoms with Crippen molar-refractivity contribution in [1.29, 1.82) is 0 Å². The standard InChI is InChI=1S/C15H15N3O2S/c1-11-8-14(20-10-19-2)18(17-11)15-16-13(9-21-15)12-6-4-3-5-7-12/h3-9H,10H2,1-2H3. The Morgan fingerprint density at radius 3 is 2.81 bits per heavy atom. The third kappa shape index (κ3) is 2.96. The molecule has 5 nitrogen and oxygen atoms in total. The molecule has 21 heavy (non-hydrogen) atoms. The average Bonchev–Trinajstić information content (AvgIpc) is 3.12. The summed E-state index contributed by atoms with van der Waals surface area (Å²) in [5, 5.41) is 7.21. The lowest BCUT2D eigenvalue weighted by Crippen LogP contribution is -2.05. The molecule has 0 saturated carbocycles. The quantitative estimate of drug-likeness (QED) is 0.679. The van der Waals surface area contributed by atoms with E-state index in [0.717, 1.165) is 22.1 Å². The summed E-state index contributed by atoms with van der Waals surface area (Å²) in [6, 6.07) is 11.9. The largest absolute Gasteiger partial charge is 0.450 e. The Bertz CT molecular complexity index is 722. The Balaban J connectivity index is 1.93. The number of ether oxygens (including phenoxy) is 2. The van der Waals surface area contributed by atoms with Gasteiger partial charge in [-0.25, -0.2) is 4.98 Å². The smallest absolute Gasteiger partial charge is 0.221 e. The molecule has 0 saturated heterocycles. The molecule has 3 rings (SSSR count). The van der Waals surface area contributed by atoms with E-state index in [2.05, 4.69) is 10.1 Å². The summed E-state index contributed by atoms with van der Waals surface area (Å²) >= 11 is 1.53. The zero-order valence-electron chi connectivity index (χ0n) is 11.8. The lowest BCUT2D eigenvalue weighted by Gasteiger charge is -2.05. The highest BCUT2D eigenvalue weighted by Gasteiger charge is 2.13. The Labute approximate surface area is 126 Å². The van der Waals surface area contributed by atoms with E-state index in [-0.39, 0.29) is 6.79 Å². The summed E-state index contributed by atoms with van der Waals surface area (Å²) in [5.41, 5.74) is 2.89. The van der Waals surface area contributed by atoms with Crippen molar-refractivity contribution >= 4 is 11.3 Å². The third-order valence-electron chi connectivity index (χ3n) is 2.87. The van der Waals surface area contributed by atoms with Crippen molar-refractivity contribution in [1.82, 2.24) is 14.8 Å². The number of hydrogen-bond acceptors (Lipinski definition) is 5. The molecule has 2 aromatic heterocycles. The number of rotatable bonds is 5. The van der Waals surface area contributed by atoms with Gasteiger partial charge in [0, 0.05) is 24.1 Å². The van der Waals surface area contributed by atoms with Gasteiger partial charge in [0.05, 0.1) is 11.4 Å². The Morgan fingerprint density at radius 1 is 1.24 bits per heavy atom. The molecule has 6 heteroatoms. The highest BCUT2D eigenvalue weighted by atomic mass is 32.1. The van der Waals surface area contributed by atoms with Crippen molar-refractivity contribution < 1.29 is 9.47 Å². The molecule has 0 atom stereocenters. The normalized spacial score (nSPS) is 10.8. The molecule has 0 N–H and O–H groups in total. The van der Waals surface area contributed by atoms with E-state index in [9.17, 15) is 0 Å². The van der Waals surface area contributed by atoms with Gasteiger partial charge in [-0.2, -0.15) is 9.78 Å². The second-order valence-electron chi connectivity index (χ2n) is 4.47. The van der Waals surface area contributed by atoms with Crippen LogP contribution in [0.1, 0.15) is 5.69 Å². The Hall–Kier alpha value is -2.18. The van der Waals surface area contributed by atoms with Gasteiger partial charge in [0.15, 0.2) is 6.79 Å². The van der Waals surface area contributed by atoms with Crippen LogP contribution in [0.15, 0.2) is 41.8 Å². The highest BCUT2D eigenvalue weighted by molar-refractivity contribution is 7.12. The second kappa shape index (κ2) is 6.07. The summed E-state index contributed by atoms with van der Waals surface area (Å²) in [6.45, 7) is 2.10. The number of hydrogen-bond donors (Lipinski definition) is 0. The highest BCUT2D eigenvalue weighted by Crippen LogP contribution is 2.26. The van der Waals surface area contributed by atoms with E-state index in [1.54, 1.807) is 11.8 Å². The van der Waals surface area contributed by atoms with Crippen LogP contribution in [0.2, 0.25) is 0 Å². The van der Waals surface area contributed by atoms with E-state index < -0.39 is 0 Å². The first kappa shape index (κ1) is 13.8. The molecule has 0 bridgehead atoms. The van der Waals surface area contributed by atoms with Crippen LogP contribution in [0.5, 0.6) is 5.88 Å². The summed E-state index contributed by atoms with van der Waals surface area (Å²) in [4.78, 5) is 4.63. The lowest BCUT2D eigenvalue weighted by atomic mass is 10.2. The predicted molar refractivity (Wildman–Crippen MR) is 81.9 cm³/mol. The first-order chi connectivity index (χ1) is 10.3. The Kier molecular flexibility index (Phi) is 3.98. The summed E-state index contributed by atoms with van der Waals surface area (Å²) < 4.78 is 12.2. The van der Waals surface area contributed by atoms with Crippen molar-refractivity contribution in [2.24, 2.45) is 0 Å². The first-order valence-electron chi connectivity index (χ1n) is 6.47. The lowest BCUT2D eigenvalue weighted by molar-refractivity contribution is 0.0459. The minimum atomic E-state index is 0.183. The molecule has 2 heterocycles. The van der Waals surface area contributed by atoms with Crippen LogP contribution in [-0.2, 0) is 4.74 Å². The maximum atomic E-state index is 5.52. The minimum absolute atomic E-state index is 0.183. The number of aromatic nitrogens is 3. The van der Waals surface area contributed by atoms with E-state index >= 15 is 0 Å². The van der Waals surface area contributed by atoms with Crippen LogP contribution in [-0.4, -0.2) is 28.7 Å². The molecule has 0 aliphatic rings. The number of aryl methyl sites for hydroxylation is 1. The van der Waals surface area contributed by atoms with Crippen LogP contribution in [0.3, 0.4) is 0 Å². The molecule has 1 aromatic carbocycles. The summed E-state index contributed by atoms with van der Waals surface area (Å²) in [6.07, 6.45) is 0. The van der Waals surface area contributed by atoms with Crippen molar-refractivity contribution in [3.8, 4) is 22.3 Å². The molecule has 0 amide bonds. The van der Waals surface area contributed by atoms with Gasteiger partial charge in [0.2, 0.25) is 11.0 Å². The molecular weight excluding hydrogens is 286 g/mol. The van der Waals surface area contributed by atoms with Gasteiger partial charge in [-0.05, 0) is 6.92 Å². The van der Waals surface area contributed by atoms with Gasteiger partial charge in [0.25, 0.3) is 0 Å².